The summed E-state index contributed by atoms with van der Waals surface area (Å²) in [6, 6.07) is 18.9. The summed E-state index contributed by atoms with van der Waals surface area (Å²) in [5.41, 5.74) is 4.14. The van der Waals surface area contributed by atoms with E-state index in [9.17, 15) is 4.79 Å². The molecule has 27 heavy (non-hydrogen) atoms. The number of imidazole rings is 1. The van der Waals surface area contributed by atoms with Crippen LogP contribution in [0.4, 0.5) is 0 Å². The van der Waals surface area contributed by atoms with E-state index in [4.69, 9.17) is 4.98 Å². The molecule has 0 aliphatic heterocycles. The number of benzene rings is 2. The van der Waals surface area contributed by atoms with E-state index in [1.165, 1.54) is 11.1 Å². The molecule has 4 nitrogen and oxygen atoms in total. The third-order valence-corrected chi connectivity index (χ3v) is 4.67. The maximum absolute atomic E-state index is 11.6. The fraction of sp³-hybridized carbons (Fsp3) is 0.304. The first-order valence-electron chi connectivity index (χ1n) is 9.57. The van der Waals surface area contributed by atoms with Gasteiger partial charge in [-0.25, -0.2) is 4.98 Å². The van der Waals surface area contributed by atoms with E-state index >= 15 is 0 Å². The Morgan fingerprint density at radius 2 is 1.78 bits per heavy atom. The molecule has 0 unspecified atom stereocenters. The minimum atomic E-state index is -0.0774. The van der Waals surface area contributed by atoms with Gasteiger partial charge in [0.1, 0.15) is 5.82 Å². The molecule has 1 heterocycles. The number of aryl methyl sites for hydroxylation is 3. The lowest BCUT2D eigenvalue weighted by atomic mass is 10.1. The van der Waals surface area contributed by atoms with Gasteiger partial charge in [0.2, 0.25) is 5.91 Å². The number of carbonyl (C=O) groups is 1. The van der Waals surface area contributed by atoms with Crippen molar-refractivity contribution in [1.29, 1.82) is 0 Å². The van der Waals surface area contributed by atoms with Crippen LogP contribution in [-0.4, -0.2) is 22.0 Å². The van der Waals surface area contributed by atoms with Crippen LogP contribution in [0, 0.1) is 0 Å². The van der Waals surface area contributed by atoms with Crippen LogP contribution in [0.2, 0.25) is 0 Å². The Hall–Kier alpha value is -2.88. The molecule has 3 rings (SSSR count). The third kappa shape index (κ3) is 5.07. The number of fused-ring (bicyclic) bond motifs is 1. The van der Waals surface area contributed by atoms with Gasteiger partial charge in [0.05, 0.1) is 11.0 Å². The second kappa shape index (κ2) is 9.17. The molecule has 0 aliphatic rings. The van der Waals surface area contributed by atoms with Gasteiger partial charge in [-0.05, 0) is 43.9 Å². The largest absolute Gasteiger partial charge is 0.352 e. The predicted molar refractivity (Wildman–Crippen MR) is 111 cm³/mol. The Balaban J connectivity index is 1.64. The first-order valence-corrected chi connectivity index (χ1v) is 9.57. The first kappa shape index (κ1) is 18.9. The molecule has 140 valence electrons. The molecule has 0 aliphatic carbocycles. The normalized spacial score (nSPS) is 10.9. The summed E-state index contributed by atoms with van der Waals surface area (Å²) in [4.78, 5) is 16.4. The Labute approximate surface area is 160 Å². The number of nitrogens with one attached hydrogen (secondary N) is 1. The predicted octanol–water partition coefficient (Wildman–Crippen LogP) is 4.29. The van der Waals surface area contributed by atoms with Crippen molar-refractivity contribution < 1.29 is 4.79 Å². The number of carbonyl (C=O) groups excluding carboxylic acids is 1. The molecular weight excluding hydrogens is 334 g/mol. The van der Waals surface area contributed by atoms with E-state index in [2.05, 4.69) is 65.0 Å². The molecule has 0 spiro atoms. The summed E-state index contributed by atoms with van der Waals surface area (Å²) in [7, 11) is 0. The molecule has 0 radical (unpaired) electrons. The Morgan fingerprint density at radius 1 is 1.04 bits per heavy atom. The summed E-state index contributed by atoms with van der Waals surface area (Å²) in [5.74, 6) is 1.01. The minimum absolute atomic E-state index is 0.0774. The highest BCUT2D eigenvalue weighted by molar-refractivity contribution is 5.92. The molecule has 0 atom stereocenters. The van der Waals surface area contributed by atoms with Gasteiger partial charge < -0.3 is 9.88 Å². The second-order valence-electron chi connectivity index (χ2n) is 6.90. The molecular formula is C23H27N3O. The van der Waals surface area contributed by atoms with Gasteiger partial charge in [0.15, 0.2) is 0 Å². The smallest absolute Gasteiger partial charge is 0.246 e. The lowest BCUT2D eigenvalue weighted by Gasteiger charge is -2.10. The highest BCUT2D eigenvalue weighted by Gasteiger charge is 2.10. The van der Waals surface area contributed by atoms with Crippen molar-refractivity contribution in [3.8, 4) is 0 Å². The zero-order valence-corrected chi connectivity index (χ0v) is 15.9. The Kier molecular flexibility index (Phi) is 6.42. The van der Waals surface area contributed by atoms with Gasteiger partial charge in [0, 0.05) is 25.1 Å². The third-order valence-electron chi connectivity index (χ3n) is 4.67. The van der Waals surface area contributed by atoms with Gasteiger partial charge in [-0.3, -0.25) is 4.79 Å². The van der Waals surface area contributed by atoms with Crippen molar-refractivity contribution in [2.45, 2.75) is 39.2 Å². The summed E-state index contributed by atoms with van der Waals surface area (Å²) in [6.07, 6.45) is 3.84. The molecule has 0 saturated carbocycles. The van der Waals surface area contributed by atoms with Crippen molar-refractivity contribution in [3.05, 3.63) is 78.1 Å². The van der Waals surface area contributed by atoms with Gasteiger partial charge in [-0.15, -0.1) is 0 Å². The highest BCUT2D eigenvalue weighted by Crippen LogP contribution is 2.18. The van der Waals surface area contributed by atoms with E-state index in [1.807, 2.05) is 6.07 Å². The van der Waals surface area contributed by atoms with E-state index in [0.29, 0.717) is 12.1 Å². The van der Waals surface area contributed by atoms with Gasteiger partial charge >= 0.3 is 0 Å². The second-order valence-corrected chi connectivity index (χ2v) is 6.90. The molecule has 1 aromatic heterocycles. The number of aromatic nitrogens is 2. The maximum atomic E-state index is 11.6. The van der Waals surface area contributed by atoms with E-state index < -0.39 is 0 Å². The topological polar surface area (TPSA) is 46.9 Å². The van der Waals surface area contributed by atoms with Crippen molar-refractivity contribution in [2.75, 3.05) is 6.54 Å². The molecule has 0 fully saturated rings. The number of rotatable bonds is 9. The molecule has 1 N–H and O–H groups in total. The number of hydrogen-bond acceptors (Lipinski definition) is 2. The molecule has 0 bridgehead atoms. The summed E-state index contributed by atoms with van der Waals surface area (Å²) >= 11 is 0. The number of para-hydroxylation sites is 2. The molecule has 2 aromatic carbocycles. The van der Waals surface area contributed by atoms with Crippen LogP contribution in [-0.2, 0) is 24.2 Å². The molecule has 3 aromatic rings. The quantitative estimate of drug-likeness (QED) is 0.456. The van der Waals surface area contributed by atoms with Crippen molar-refractivity contribution in [1.82, 2.24) is 14.9 Å². The van der Waals surface area contributed by atoms with Crippen molar-refractivity contribution >= 4 is 16.9 Å². The zero-order chi connectivity index (χ0) is 19.1. The molecule has 4 heteroatoms. The van der Waals surface area contributed by atoms with Crippen LogP contribution in [0.5, 0.6) is 0 Å². The van der Waals surface area contributed by atoms with Crippen LogP contribution in [0.1, 0.15) is 31.2 Å². The van der Waals surface area contributed by atoms with Crippen molar-refractivity contribution in [3.63, 3.8) is 0 Å². The Morgan fingerprint density at radius 3 is 2.56 bits per heavy atom. The fourth-order valence-electron chi connectivity index (χ4n) is 3.25. The monoisotopic (exact) mass is 361 g/mol. The van der Waals surface area contributed by atoms with Crippen LogP contribution in [0.15, 0.2) is 66.7 Å². The van der Waals surface area contributed by atoms with Gasteiger partial charge in [0.25, 0.3) is 0 Å². The van der Waals surface area contributed by atoms with Gasteiger partial charge in [-0.1, -0.05) is 49.0 Å². The van der Waals surface area contributed by atoms with Crippen LogP contribution in [0.25, 0.3) is 11.0 Å². The zero-order valence-electron chi connectivity index (χ0n) is 15.9. The lowest BCUT2D eigenvalue weighted by Crippen LogP contribution is -2.25. The first-order chi connectivity index (χ1) is 13.1. The highest BCUT2D eigenvalue weighted by atomic mass is 16.1. The summed E-state index contributed by atoms with van der Waals surface area (Å²) < 4.78 is 2.33. The van der Waals surface area contributed by atoms with Crippen molar-refractivity contribution in [2.24, 2.45) is 0 Å². The number of hydrogen-bond donors (Lipinski definition) is 1. The summed E-state index contributed by atoms with van der Waals surface area (Å²) in [5, 5.41) is 2.89. The van der Waals surface area contributed by atoms with Gasteiger partial charge in [-0.2, -0.15) is 0 Å². The minimum Gasteiger partial charge on any atom is -0.352 e. The average Bonchev–Trinajstić information content (AvgIpc) is 3.03. The van der Waals surface area contributed by atoms with Crippen LogP contribution < -0.4 is 5.32 Å². The average molecular weight is 361 g/mol. The summed E-state index contributed by atoms with van der Waals surface area (Å²) in [6.45, 7) is 6.97. The molecule has 0 saturated heterocycles. The van der Waals surface area contributed by atoms with E-state index in [-0.39, 0.29) is 5.91 Å². The fourth-order valence-corrected chi connectivity index (χ4v) is 3.25. The number of amides is 1. The van der Waals surface area contributed by atoms with Crippen LogP contribution in [0.3, 0.4) is 0 Å². The Bertz CT molecular complexity index is 912. The SMILES string of the molecule is C=C(C)C(=O)NCCCc1nc2ccccc2n1CCCc1ccccc1. The molecule has 1 amide bonds. The standard InChI is InChI=1S/C23H27N3O/c1-18(2)23(27)24-16-8-15-22-25-20-13-6-7-14-21(20)26(22)17-9-12-19-10-4-3-5-11-19/h3-7,10-11,13-14H,1,8-9,12,15-17H2,2H3,(H,24,27). The van der Waals surface area contributed by atoms with E-state index in [0.717, 1.165) is 43.6 Å². The van der Waals surface area contributed by atoms with E-state index in [1.54, 1.807) is 6.92 Å². The number of nitrogens with zero attached hydrogens (tertiary/aromatic N) is 2. The lowest BCUT2D eigenvalue weighted by molar-refractivity contribution is -0.117. The maximum Gasteiger partial charge on any atom is 0.246 e. The van der Waals surface area contributed by atoms with Crippen LogP contribution >= 0.6 is 0 Å².